The van der Waals surface area contributed by atoms with Gasteiger partial charge in [-0.15, -0.1) is 24.2 Å². The van der Waals surface area contributed by atoms with Gasteiger partial charge in [-0.05, 0) is 37.8 Å². The molecule has 1 aromatic rings. The lowest BCUT2D eigenvalue weighted by atomic mass is 9.98. The second-order valence-electron chi connectivity index (χ2n) is 7.00. The lowest BCUT2D eigenvalue weighted by Crippen LogP contribution is -2.51. The molecule has 0 aromatic heterocycles. The molecule has 3 heterocycles. The Morgan fingerprint density at radius 1 is 1.28 bits per heavy atom. The highest BCUT2D eigenvalue weighted by Crippen LogP contribution is 2.35. The molecule has 2 unspecified atom stereocenters. The fraction of sp³-hybridized carbons (Fsp3) is 0.556. The van der Waals surface area contributed by atoms with Crippen LogP contribution in [-0.2, 0) is 9.59 Å². The summed E-state index contributed by atoms with van der Waals surface area (Å²) in [4.78, 5) is 29.7. The van der Waals surface area contributed by atoms with E-state index in [9.17, 15) is 9.59 Å². The zero-order valence-electron chi connectivity index (χ0n) is 14.3. The summed E-state index contributed by atoms with van der Waals surface area (Å²) in [6.45, 7) is 0.145. The van der Waals surface area contributed by atoms with Gasteiger partial charge in [0.1, 0.15) is 6.54 Å². The molecule has 2 amide bonds. The van der Waals surface area contributed by atoms with Gasteiger partial charge in [0.2, 0.25) is 11.8 Å². The number of benzene rings is 1. The first-order valence-electron chi connectivity index (χ1n) is 8.65. The summed E-state index contributed by atoms with van der Waals surface area (Å²) in [6.07, 6.45) is 4.50. The lowest BCUT2D eigenvalue weighted by Gasteiger charge is -2.37. The van der Waals surface area contributed by atoms with Gasteiger partial charge >= 0.3 is 0 Å². The Balaban J connectivity index is 0.00000182. The molecule has 25 heavy (non-hydrogen) atoms. The first kappa shape index (κ1) is 18.5. The predicted molar refractivity (Wildman–Crippen MR) is 103 cm³/mol. The standard InChI is InChI=1S/C18H23N3O2S.ClH/c1-20(14-8-12-6-7-13(9-14)19-12)17(22)10-21-15-4-2-3-5-16(15)24-11-18(21)23;/h2-5,12-14,19H,6-11H2,1H3;1H. The molecule has 2 bridgehead atoms. The Bertz CT molecular complexity index is 659. The number of thioether (sulfide) groups is 1. The summed E-state index contributed by atoms with van der Waals surface area (Å²) in [7, 11) is 1.90. The molecular formula is C18H24ClN3O2S. The second-order valence-corrected chi connectivity index (χ2v) is 8.02. The van der Waals surface area contributed by atoms with Crippen molar-refractivity contribution in [2.75, 3.05) is 24.2 Å². The molecule has 136 valence electrons. The Kier molecular flexibility index (Phi) is 5.61. The van der Waals surface area contributed by atoms with Gasteiger partial charge in [0, 0.05) is 30.1 Å². The highest BCUT2D eigenvalue weighted by atomic mass is 35.5. The molecule has 1 aromatic carbocycles. The van der Waals surface area contributed by atoms with Crippen molar-refractivity contribution in [3.63, 3.8) is 0 Å². The normalized spacial score (nSPS) is 27.5. The van der Waals surface area contributed by atoms with Crippen LogP contribution in [0.3, 0.4) is 0 Å². The number of hydrogen-bond acceptors (Lipinski definition) is 4. The summed E-state index contributed by atoms with van der Waals surface area (Å²) >= 11 is 1.55. The van der Waals surface area contributed by atoms with Crippen molar-refractivity contribution in [1.29, 1.82) is 0 Å². The fourth-order valence-electron chi connectivity index (χ4n) is 4.12. The van der Waals surface area contributed by atoms with Gasteiger partial charge in [0.15, 0.2) is 0 Å². The maximum Gasteiger partial charge on any atom is 0.242 e. The van der Waals surface area contributed by atoms with E-state index in [4.69, 9.17) is 0 Å². The third-order valence-electron chi connectivity index (χ3n) is 5.49. The number of piperidine rings is 1. The summed E-state index contributed by atoms with van der Waals surface area (Å²) < 4.78 is 0. The van der Waals surface area contributed by atoms with Crippen molar-refractivity contribution in [2.45, 2.75) is 48.7 Å². The zero-order valence-corrected chi connectivity index (χ0v) is 15.9. The number of halogens is 1. The van der Waals surface area contributed by atoms with E-state index in [1.54, 1.807) is 16.7 Å². The number of para-hydroxylation sites is 1. The maximum atomic E-state index is 12.8. The van der Waals surface area contributed by atoms with Crippen LogP contribution in [0.1, 0.15) is 25.7 Å². The van der Waals surface area contributed by atoms with Gasteiger partial charge in [0.25, 0.3) is 0 Å². The third kappa shape index (κ3) is 3.66. The minimum absolute atomic E-state index is 0. The molecule has 0 radical (unpaired) electrons. The van der Waals surface area contributed by atoms with E-state index in [1.165, 1.54) is 12.8 Å². The number of likely N-dealkylation sites (N-methyl/N-ethyl adjacent to an activating group) is 1. The molecule has 3 aliphatic rings. The number of carbonyl (C=O) groups excluding carboxylic acids is 2. The minimum Gasteiger partial charge on any atom is -0.341 e. The number of nitrogens with one attached hydrogen (secondary N) is 1. The molecule has 2 fully saturated rings. The van der Waals surface area contributed by atoms with Crippen molar-refractivity contribution >= 4 is 41.7 Å². The number of nitrogens with zero attached hydrogens (tertiary/aromatic N) is 2. The van der Waals surface area contributed by atoms with Crippen LogP contribution in [0.2, 0.25) is 0 Å². The van der Waals surface area contributed by atoms with Gasteiger partial charge in [-0.1, -0.05) is 12.1 Å². The molecule has 7 heteroatoms. The Labute approximate surface area is 158 Å². The van der Waals surface area contributed by atoms with Crippen molar-refractivity contribution in [2.24, 2.45) is 0 Å². The molecule has 2 atom stereocenters. The molecule has 5 nitrogen and oxygen atoms in total. The van der Waals surface area contributed by atoms with Crippen LogP contribution in [0.5, 0.6) is 0 Å². The first-order valence-corrected chi connectivity index (χ1v) is 9.64. The molecule has 1 N–H and O–H groups in total. The van der Waals surface area contributed by atoms with Crippen LogP contribution in [0, 0.1) is 0 Å². The maximum absolute atomic E-state index is 12.8. The second kappa shape index (κ2) is 7.56. The number of rotatable bonds is 3. The first-order chi connectivity index (χ1) is 11.6. The molecule has 0 saturated carbocycles. The van der Waals surface area contributed by atoms with Crippen molar-refractivity contribution in [1.82, 2.24) is 10.2 Å². The van der Waals surface area contributed by atoms with Crippen LogP contribution in [-0.4, -0.2) is 54.2 Å². The highest BCUT2D eigenvalue weighted by molar-refractivity contribution is 8.00. The molecule has 2 saturated heterocycles. The predicted octanol–water partition coefficient (Wildman–Crippen LogP) is 2.29. The summed E-state index contributed by atoms with van der Waals surface area (Å²) in [5.74, 6) is 0.466. The van der Waals surface area contributed by atoms with Crippen molar-refractivity contribution in [3.05, 3.63) is 24.3 Å². The van der Waals surface area contributed by atoms with Gasteiger partial charge < -0.3 is 15.1 Å². The highest BCUT2D eigenvalue weighted by Gasteiger charge is 2.37. The molecule has 4 rings (SSSR count). The number of carbonyl (C=O) groups is 2. The smallest absolute Gasteiger partial charge is 0.242 e. The van der Waals surface area contributed by atoms with E-state index >= 15 is 0 Å². The van der Waals surface area contributed by atoms with Crippen LogP contribution in [0.15, 0.2) is 29.2 Å². The molecule has 3 aliphatic heterocycles. The van der Waals surface area contributed by atoms with E-state index < -0.39 is 0 Å². The zero-order chi connectivity index (χ0) is 16.7. The fourth-order valence-corrected chi connectivity index (χ4v) is 5.06. The summed E-state index contributed by atoms with van der Waals surface area (Å²) in [5, 5.41) is 3.61. The minimum atomic E-state index is 0. The number of amides is 2. The van der Waals surface area contributed by atoms with Gasteiger partial charge in [-0.25, -0.2) is 0 Å². The lowest BCUT2D eigenvalue weighted by molar-refractivity contribution is -0.132. The van der Waals surface area contributed by atoms with E-state index in [1.807, 2.05) is 36.2 Å². The molecular weight excluding hydrogens is 358 g/mol. The van der Waals surface area contributed by atoms with E-state index in [2.05, 4.69) is 5.32 Å². The monoisotopic (exact) mass is 381 g/mol. The van der Waals surface area contributed by atoms with E-state index in [-0.39, 0.29) is 30.8 Å². The Morgan fingerprint density at radius 3 is 2.68 bits per heavy atom. The third-order valence-corrected chi connectivity index (χ3v) is 6.54. The largest absolute Gasteiger partial charge is 0.341 e. The molecule has 0 aliphatic carbocycles. The SMILES string of the molecule is CN(C(=O)CN1C(=O)CSc2ccccc21)C1CC2CCC(C1)N2.Cl. The van der Waals surface area contributed by atoms with Gasteiger partial charge in [0.05, 0.1) is 11.4 Å². The van der Waals surface area contributed by atoms with Gasteiger partial charge in [-0.3, -0.25) is 9.59 Å². The van der Waals surface area contributed by atoms with Crippen LogP contribution in [0.4, 0.5) is 5.69 Å². The van der Waals surface area contributed by atoms with Crippen LogP contribution >= 0.6 is 24.2 Å². The van der Waals surface area contributed by atoms with Crippen molar-refractivity contribution < 1.29 is 9.59 Å². The van der Waals surface area contributed by atoms with Crippen LogP contribution < -0.4 is 10.2 Å². The average Bonchev–Trinajstić information content (AvgIpc) is 2.94. The average molecular weight is 382 g/mol. The Morgan fingerprint density at radius 2 is 1.96 bits per heavy atom. The number of anilines is 1. The Hall–Kier alpha value is -1.24. The van der Waals surface area contributed by atoms with Crippen molar-refractivity contribution in [3.8, 4) is 0 Å². The quantitative estimate of drug-likeness (QED) is 0.872. The number of fused-ring (bicyclic) bond motifs is 3. The summed E-state index contributed by atoms with van der Waals surface area (Å²) in [6, 6.07) is 9.23. The molecule has 0 spiro atoms. The topological polar surface area (TPSA) is 52.7 Å². The van der Waals surface area contributed by atoms with Crippen LogP contribution in [0.25, 0.3) is 0 Å². The van der Waals surface area contributed by atoms with Gasteiger partial charge in [-0.2, -0.15) is 0 Å². The van der Waals surface area contributed by atoms with E-state index in [0.717, 1.165) is 23.4 Å². The summed E-state index contributed by atoms with van der Waals surface area (Å²) in [5.41, 5.74) is 0.867. The van der Waals surface area contributed by atoms with E-state index in [0.29, 0.717) is 23.9 Å². The number of hydrogen-bond donors (Lipinski definition) is 1.